The molecule has 2 N–H and O–H groups in total. The molecule has 8 heavy (non-hydrogen) atoms. The standard InChI is InChI=1S/C5H6FNO/c6-4-1-2-7-3-5(4)8/h1,3,7-8H,2H2. The van der Waals surface area contributed by atoms with Crippen molar-refractivity contribution in [3.05, 3.63) is 23.9 Å². The molecule has 0 spiro atoms. The normalized spacial score (nSPS) is 18.6. The first-order valence-electron chi connectivity index (χ1n) is 2.29. The van der Waals surface area contributed by atoms with Crippen molar-refractivity contribution in [2.45, 2.75) is 0 Å². The monoisotopic (exact) mass is 115 g/mol. The van der Waals surface area contributed by atoms with E-state index in [0.29, 0.717) is 6.54 Å². The molecule has 2 nitrogen and oxygen atoms in total. The van der Waals surface area contributed by atoms with Crippen LogP contribution in [0.3, 0.4) is 0 Å². The van der Waals surface area contributed by atoms with Crippen LogP contribution in [-0.4, -0.2) is 11.7 Å². The molecular formula is C5H6FNO. The summed E-state index contributed by atoms with van der Waals surface area (Å²) in [6, 6.07) is 0. The van der Waals surface area contributed by atoms with E-state index in [9.17, 15) is 4.39 Å². The van der Waals surface area contributed by atoms with E-state index in [2.05, 4.69) is 5.32 Å². The number of allylic oxidation sites excluding steroid dienone is 1. The van der Waals surface area contributed by atoms with Gasteiger partial charge in [0.05, 0.1) is 0 Å². The first-order valence-corrected chi connectivity index (χ1v) is 2.29. The average molecular weight is 115 g/mol. The van der Waals surface area contributed by atoms with Gasteiger partial charge in [-0.25, -0.2) is 4.39 Å². The molecule has 1 rings (SSSR count). The van der Waals surface area contributed by atoms with E-state index in [-0.39, 0.29) is 5.76 Å². The van der Waals surface area contributed by atoms with Gasteiger partial charge in [-0.1, -0.05) is 0 Å². The topological polar surface area (TPSA) is 32.3 Å². The van der Waals surface area contributed by atoms with E-state index in [4.69, 9.17) is 5.11 Å². The van der Waals surface area contributed by atoms with Crippen LogP contribution in [0.5, 0.6) is 0 Å². The molecule has 0 aliphatic carbocycles. The van der Waals surface area contributed by atoms with Crippen LogP contribution in [0.25, 0.3) is 0 Å². The van der Waals surface area contributed by atoms with Crippen LogP contribution in [-0.2, 0) is 0 Å². The van der Waals surface area contributed by atoms with Gasteiger partial charge in [0.25, 0.3) is 0 Å². The zero-order chi connectivity index (χ0) is 5.98. The summed E-state index contributed by atoms with van der Waals surface area (Å²) < 4.78 is 12.1. The lowest BCUT2D eigenvalue weighted by molar-refractivity contribution is 0.380. The third-order valence-corrected chi connectivity index (χ3v) is 0.883. The molecule has 0 aromatic carbocycles. The third kappa shape index (κ3) is 0.804. The summed E-state index contributed by atoms with van der Waals surface area (Å²) in [6.07, 6.45) is 2.50. The van der Waals surface area contributed by atoms with Gasteiger partial charge in [-0.05, 0) is 6.08 Å². The van der Waals surface area contributed by atoms with Gasteiger partial charge in [-0.2, -0.15) is 0 Å². The van der Waals surface area contributed by atoms with E-state index in [1.807, 2.05) is 0 Å². The number of dihydropyridines is 1. The number of halogens is 1. The summed E-state index contributed by atoms with van der Waals surface area (Å²) in [7, 11) is 0. The Kier molecular flexibility index (Phi) is 1.20. The Morgan fingerprint density at radius 2 is 2.50 bits per heavy atom. The number of rotatable bonds is 0. The van der Waals surface area contributed by atoms with Gasteiger partial charge < -0.3 is 10.4 Å². The largest absolute Gasteiger partial charge is 0.504 e. The minimum Gasteiger partial charge on any atom is -0.504 e. The summed E-state index contributed by atoms with van der Waals surface area (Å²) in [5.41, 5.74) is 0. The summed E-state index contributed by atoms with van der Waals surface area (Å²) in [4.78, 5) is 0. The maximum Gasteiger partial charge on any atom is 0.166 e. The molecule has 44 valence electrons. The van der Waals surface area contributed by atoms with Gasteiger partial charge in [-0.15, -0.1) is 0 Å². The zero-order valence-electron chi connectivity index (χ0n) is 4.19. The van der Waals surface area contributed by atoms with Crippen molar-refractivity contribution in [1.29, 1.82) is 0 Å². The lowest BCUT2D eigenvalue weighted by atomic mass is 10.3. The van der Waals surface area contributed by atoms with Crippen molar-refractivity contribution in [3.63, 3.8) is 0 Å². The highest BCUT2D eigenvalue weighted by atomic mass is 19.1. The summed E-state index contributed by atoms with van der Waals surface area (Å²) in [6.45, 7) is 0.454. The second-order valence-corrected chi connectivity index (χ2v) is 1.49. The van der Waals surface area contributed by atoms with Gasteiger partial charge in [0.2, 0.25) is 0 Å². The molecule has 0 saturated carbocycles. The molecule has 0 unspecified atom stereocenters. The number of nitrogens with one attached hydrogen (secondary N) is 1. The summed E-state index contributed by atoms with van der Waals surface area (Å²) in [5.74, 6) is -0.875. The van der Waals surface area contributed by atoms with Crippen LogP contribution in [0.2, 0.25) is 0 Å². The number of aliphatic hydroxyl groups is 1. The van der Waals surface area contributed by atoms with E-state index >= 15 is 0 Å². The lowest BCUT2D eigenvalue weighted by Gasteiger charge is -2.03. The SMILES string of the molecule is OC1=CNCC=C1F. The van der Waals surface area contributed by atoms with Crippen LogP contribution < -0.4 is 5.32 Å². The first kappa shape index (κ1) is 5.15. The van der Waals surface area contributed by atoms with Crippen LogP contribution in [0.4, 0.5) is 4.39 Å². The number of aliphatic hydroxyl groups excluding tert-OH is 1. The van der Waals surface area contributed by atoms with Gasteiger partial charge in [0.1, 0.15) is 0 Å². The predicted octanol–water partition coefficient (Wildman–Crippen LogP) is 0.842. The van der Waals surface area contributed by atoms with E-state index < -0.39 is 5.83 Å². The van der Waals surface area contributed by atoms with Gasteiger partial charge >= 0.3 is 0 Å². The highest BCUT2D eigenvalue weighted by molar-refractivity contribution is 5.21. The fourth-order valence-electron chi connectivity index (χ4n) is 0.478. The Balaban J connectivity index is 2.73. The fourth-order valence-corrected chi connectivity index (χ4v) is 0.478. The van der Waals surface area contributed by atoms with Crippen molar-refractivity contribution in [1.82, 2.24) is 5.32 Å². The maximum atomic E-state index is 12.1. The van der Waals surface area contributed by atoms with Crippen LogP contribution in [0, 0.1) is 0 Å². The zero-order valence-corrected chi connectivity index (χ0v) is 4.19. The van der Waals surface area contributed by atoms with Crippen molar-refractivity contribution < 1.29 is 9.50 Å². The molecule has 0 aromatic rings. The quantitative estimate of drug-likeness (QED) is 0.490. The van der Waals surface area contributed by atoms with Gasteiger partial charge in [0.15, 0.2) is 11.6 Å². The lowest BCUT2D eigenvalue weighted by Crippen LogP contribution is -2.10. The molecule has 0 amide bonds. The van der Waals surface area contributed by atoms with Crippen molar-refractivity contribution in [2.24, 2.45) is 0 Å². The molecular weight excluding hydrogens is 109 g/mol. The van der Waals surface area contributed by atoms with Crippen LogP contribution in [0.1, 0.15) is 0 Å². The minimum atomic E-state index is -0.552. The molecule has 0 atom stereocenters. The second kappa shape index (κ2) is 1.86. The molecule has 1 heterocycles. The fraction of sp³-hybridized carbons (Fsp3) is 0.200. The summed E-state index contributed by atoms with van der Waals surface area (Å²) >= 11 is 0. The van der Waals surface area contributed by atoms with E-state index in [0.717, 1.165) is 0 Å². The molecule has 1 aliphatic rings. The Bertz CT molecular complexity index is 133. The summed E-state index contributed by atoms with van der Waals surface area (Å²) in [5, 5.41) is 11.2. The number of hydrogen-bond donors (Lipinski definition) is 2. The molecule has 0 aromatic heterocycles. The molecule has 0 radical (unpaired) electrons. The maximum absolute atomic E-state index is 12.1. The smallest absolute Gasteiger partial charge is 0.166 e. The molecule has 0 saturated heterocycles. The molecule has 0 bridgehead atoms. The molecule has 3 heteroatoms. The Hall–Kier alpha value is -0.990. The third-order valence-electron chi connectivity index (χ3n) is 0.883. The number of hydrogen-bond acceptors (Lipinski definition) is 2. The highest BCUT2D eigenvalue weighted by Gasteiger charge is 2.02. The van der Waals surface area contributed by atoms with Crippen LogP contribution >= 0.6 is 0 Å². The van der Waals surface area contributed by atoms with E-state index in [1.165, 1.54) is 12.3 Å². The minimum absolute atomic E-state index is 0.323. The van der Waals surface area contributed by atoms with Gasteiger partial charge in [0, 0.05) is 12.7 Å². The van der Waals surface area contributed by atoms with Crippen molar-refractivity contribution >= 4 is 0 Å². The van der Waals surface area contributed by atoms with Crippen molar-refractivity contribution in [2.75, 3.05) is 6.54 Å². The second-order valence-electron chi connectivity index (χ2n) is 1.49. The van der Waals surface area contributed by atoms with Crippen molar-refractivity contribution in [3.8, 4) is 0 Å². The van der Waals surface area contributed by atoms with E-state index in [1.54, 1.807) is 0 Å². The molecule has 1 aliphatic heterocycles. The average Bonchev–Trinajstić information content (AvgIpc) is 1.77. The molecule has 0 fully saturated rings. The Morgan fingerprint density at radius 1 is 1.75 bits per heavy atom. The van der Waals surface area contributed by atoms with Crippen LogP contribution in [0.15, 0.2) is 23.9 Å². The Labute approximate surface area is 46.3 Å². The Morgan fingerprint density at radius 3 is 2.88 bits per heavy atom. The predicted molar refractivity (Wildman–Crippen MR) is 27.9 cm³/mol. The highest BCUT2D eigenvalue weighted by Crippen LogP contribution is 2.08. The first-order chi connectivity index (χ1) is 3.80. The van der Waals surface area contributed by atoms with Gasteiger partial charge in [-0.3, -0.25) is 0 Å².